The van der Waals surface area contributed by atoms with Gasteiger partial charge in [0.05, 0.1) is 73.9 Å². The molecule has 1 aliphatic carbocycles. The number of rotatable bonds is 8. The first kappa shape index (κ1) is 33.0. The molecule has 1 aliphatic rings. The quantitative estimate of drug-likeness (QED) is 0.240. The highest BCUT2D eigenvalue weighted by Gasteiger charge is 2.33. The maximum Gasteiger partial charge on any atom is 0.416 e. The Kier molecular flexibility index (Phi) is 8.95. The summed E-state index contributed by atoms with van der Waals surface area (Å²) in [5.74, 6) is 0.399. The highest BCUT2D eigenvalue weighted by atomic mass is 19.4. The van der Waals surface area contributed by atoms with Crippen molar-refractivity contribution < 1.29 is 26.9 Å². The summed E-state index contributed by atoms with van der Waals surface area (Å²) in [7, 11) is 5.99. The normalized spacial score (nSPS) is 15.6. The number of amides is 1. The van der Waals surface area contributed by atoms with Gasteiger partial charge in [-0.2, -0.15) is 23.5 Å². The zero-order valence-electron chi connectivity index (χ0n) is 26.5. The van der Waals surface area contributed by atoms with E-state index in [1.54, 1.807) is 49.6 Å². The Hall–Kier alpha value is -5.42. The van der Waals surface area contributed by atoms with E-state index < -0.39 is 35.4 Å². The lowest BCUT2D eigenvalue weighted by Crippen LogP contribution is -2.39. The van der Waals surface area contributed by atoms with Gasteiger partial charge in [-0.1, -0.05) is 31.2 Å². The number of carbonyl (C=O) groups excluding carboxylic acids is 1. The Balaban J connectivity index is 1.65. The van der Waals surface area contributed by atoms with E-state index in [2.05, 4.69) is 21.5 Å². The Morgan fingerprint density at radius 3 is 2.66 bits per heavy atom. The van der Waals surface area contributed by atoms with Crippen molar-refractivity contribution in [2.75, 3.05) is 21.1 Å². The van der Waals surface area contributed by atoms with Crippen LogP contribution in [0, 0.1) is 24.2 Å². The van der Waals surface area contributed by atoms with Crippen LogP contribution in [0.15, 0.2) is 82.3 Å². The van der Waals surface area contributed by atoms with E-state index in [0.717, 1.165) is 21.3 Å². The molecule has 3 aromatic heterocycles. The highest BCUT2D eigenvalue weighted by Crippen LogP contribution is 2.32. The van der Waals surface area contributed by atoms with Crippen molar-refractivity contribution in [3.63, 3.8) is 0 Å². The van der Waals surface area contributed by atoms with E-state index in [0.29, 0.717) is 34.6 Å². The minimum absolute atomic E-state index is 0.0701. The number of nitrogens with zero attached hydrogens (tertiary/aromatic N) is 7. The fourth-order valence-electron chi connectivity index (χ4n) is 5.31. The van der Waals surface area contributed by atoms with Crippen LogP contribution in [0.5, 0.6) is 0 Å². The number of aromatic nitrogens is 5. The Labute approximate surface area is 268 Å². The van der Waals surface area contributed by atoms with Crippen molar-refractivity contribution in [3.8, 4) is 23.1 Å². The van der Waals surface area contributed by atoms with Gasteiger partial charge in [0.1, 0.15) is 18.3 Å². The fraction of sp³-hybridized carbons (Fsp3) is 0.303. The van der Waals surface area contributed by atoms with Crippen molar-refractivity contribution in [3.05, 3.63) is 106 Å². The molecule has 4 aromatic rings. The molecule has 244 valence electrons. The van der Waals surface area contributed by atoms with Crippen LogP contribution in [-0.2, 0) is 12.7 Å². The van der Waals surface area contributed by atoms with Gasteiger partial charge in [0.25, 0.3) is 0 Å². The standard InChI is InChI=1S/C33H33F3N8O3/c1-6-27(30-38-19-26(47-30)20-44(3,4)5)40-31(45)42-29(28-15-16-39-43(28)24-11-7-9-22(18-37)13-14-24)21(2)41(32(42)46)25-12-8-10-23(17-25)33(34,35)36/h7-17,19,22,27H,6,20H2,1-5H3/p+1/t22?,27-/m0/s1. The smallest absolute Gasteiger partial charge is 0.416 e. The number of carbonyl (C=O) groups is 1. The van der Waals surface area contributed by atoms with Crippen LogP contribution in [0.4, 0.5) is 18.0 Å². The van der Waals surface area contributed by atoms with Gasteiger partial charge in [-0.15, -0.1) is 0 Å². The number of hydrogen-bond acceptors (Lipinski definition) is 6. The van der Waals surface area contributed by atoms with Crippen LogP contribution in [0.3, 0.4) is 0 Å². The minimum Gasteiger partial charge on any atom is -0.437 e. The summed E-state index contributed by atoms with van der Waals surface area (Å²) in [5, 5.41) is 16.6. The van der Waals surface area contributed by atoms with Crippen molar-refractivity contribution in [2.24, 2.45) is 5.92 Å². The van der Waals surface area contributed by atoms with Crippen molar-refractivity contribution in [2.45, 2.75) is 39.0 Å². The molecule has 5 rings (SSSR count). The number of imidazole rings is 1. The number of oxazole rings is 1. The third kappa shape index (κ3) is 6.90. The van der Waals surface area contributed by atoms with Gasteiger partial charge in [0.15, 0.2) is 5.76 Å². The molecule has 47 heavy (non-hydrogen) atoms. The lowest BCUT2D eigenvalue weighted by molar-refractivity contribution is -0.884. The largest absolute Gasteiger partial charge is 0.437 e. The molecule has 0 saturated heterocycles. The predicted octanol–water partition coefficient (Wildman–Crippen LogP) is 5.84. The van der Waals surface area contributed by atoms with Crippen LogP contribution in [0.25, 0.3) is 22.8 Å². The second kappa shape index (κ2) is 12.8. The number of allylic oxidation sites excluding steroid dienone is 6. The number of nitriles is 1. The average molecular weight is 648 g/mol. The lowest BCUT2D eigenvalue weighted by atomic mass is 10.1. The zero-order chi connectivity index (χ0) is 34.1. The summed E-state index contributed by atoms with van der Waals surface area (Å²) >= 11 is 0. The van der Waals surface area contributed by atoms with E-state index in [1.807, 2.05) is 28.1 Å². The molecule has 0 fully saturated rings. The summed E-state index contributed by atoms with van der Waals surface area (Å²) in [6.45, 7) is 3.92. The Morgan fingerprint density at radius 2 is 1.98 bits per heavy atom. The molecular weight excluding hydrogens is 613 g/mol. The molecule has 3 heterocycles. The van der Waals surface area contributed by atoms with Gasteiger partial charge >= 0.3 is 17.9 Å². The Morgan fingerprint density at radius 1 is 1.21 bits per heavy atom. The topological polar surface area (TPSA) is 124 Å². The molecule has 0 radical (unpaired) electrons. The summed E-state index contributed by atoms with van der Waals surface area (Å²) in [5.41, 5.74) is -0.754. The summed E-state index contributed by atoms with van der Waals surface area (Å²) < 4.78 is 51.0. The van der Waals surface area contributed by atoms with Gasteiger partial charge < -0.3 is 14.2 Å². The number of hydrogen-bond donors (Lipinski definition) is 1. The van der Waals surface area contributed by atoms with E-state index in [4.69, 9.17) is 4.42 Å². The summed E-state index contributed by atoms with van der Waals surface area (Å²) in [6, 6.07) is 6.53. The molecule has 0 bridgehead atoms. The van der Waals surface area contributed by atoms with Crippen LogP contribution >= 0.6 is 0 Å². The molecule has 2 atom stereocenters. The van der Waals surface area contributed by atoms with E-state index in [9.17, 15) is 28.0 Å². The lowest BCUT2D eigenvalue weighted by Gasteiger charge is -2.22. The molecule has 11 nitrogen and oxygen atoms in total. The maximum atomic E-state index is 14.1. The van der Waals surface area contributed by atoms with Crippen LogP contribution < -0.4 is 11.0 Å². The first-order valence-electron chi connectivity index (χ1n) is 14.8. The van der Waals surface area contributed by atoms with Crippen LogP contribution in [0.1, 0.15) is 42.3 Å². The number of benzene rings is 1. The Bertz CT molecular complexity index is 1990. The van der Waals surface area contributed by atoms with Gasteiger partial charge in [-0.25, -0.2) is 23.8 Å². The molecule has 1 N–H and O–H groups in total. The molecule has 1 aromatic carbocycles. The molecule has 1 amide bonds. The number of halogens is 3. The highest BCUT2D eigenvalue weighted by molar-refractivity contribution is 5.84. The van der Waals surface area contributed by atoms with Crippen LogP contribution in [-0.4, -0.2) is 55.6 Å². The first-order chi connectivity index (χ1) is 22.2. The number of nitrogens with one attached hydrogen (secondary N) is 1. The van der Waals surface area contributed by atoms with Crippen LogP contribution in [0.2, 0.25) is 0 Å². The summed E-state index contributed by atoms with van der Waals surface area (Å²) in [6.07, 6.45) is 7.27. The monoisotopic (exact) mass is 647 g/mol. The first-order valence-corrected chi connectivity index (χ1v) is 14.8. The number of alkyl halides is 3. The average Bonchev–Trinajstić information content (AvgIpc) is 3.67. The SMILES string of the molecule is CC[C@H](NC(=O)n1c(-c2ccnn2C2=CC=CC(C#N)C=C2)c(C)n(-c2cccc(C(F)(F)F)c2)c1=O)c1ncc(C[N+](C)(C)C)o1. The molecule has 1 unspecified atom stereocenters. The molecule has 14 heteroatoms. The third-order valence-corrected chi connectivity index (χ3v) is 7.46. The molecule has 0 aliphatic heterocycles. The maximum absolute atomic E-state index is 14.1. The van der Waals surface area contributed by atoms with Gasteiger partial charge in [0, 0.05) is 0 Å². The van der Waals surface area contributed by atoms with E-state index >= 15 is 0 Å². The molecular formula is C33H34F3N8O3+. The van der Waals surface area contributed by atoms with Gasteiger partial charge in [-0.05, 0) is 49.8 Å². The number of quaternary nitrogens is 1. The molecule has 0 saturated carbocycles. The predicted molar refractivity (Wildman–Crippen MR) is 168 cm³/mol. The van der Waals surface area contributed by atoms with Gasteiger partial charge in [0.2, 0.25) is 5.89 Å². The zero-order valence-corrected chi connectivity index (χ0v) is 26.5. The summed E-state index contributed by atoms with van der Waals surface area (Å²) in [4.78, 5) is 32.6. The van der Waals surface area contributed by atoms with Crippen molar-refractivity contribution >= 4 is 11.7 Å². The van der Waals surface area contributed by atoms with E-state index in [-0.39, 0.29) is 23.0 Å². The second-order valence-electron chi connectivity index (χ2n) is 12.1. The van der Waals surface area contributed by atoms with Crippen molar-refractivity contribution in [1.82, 2.24) is 29.2 Å². The van der Waals surface area contributed by atoms with Crippen molar-refractivity contribution in [1.29, 1.82) is 5.26 Å². The third-order valence-electron chi connectivity index (χ3n) is 7.46. The van der Waals surface area contributed by atoms with Gasteiger partial charge in [-0.3, -0.25) is 4.57 Å². The second-order valence-corrected chi connectivity index (χ2v) is 12.1. The minimum atomic E-state index is -4.66. The fourth-order valence-corrected chi connectivity index (χ4v) is 5.31. The molecule has 0 spiro atoms. The van der Waals surface area contributed by atoms with E-state index in [1.165, 1.54) is 23.0 Å².